The highest BCUT2D eigenvalue weighted by atomic mass is 32.2. The van der Waals surface area contributed by atoms with Gasteiger partial charge >= 0.3 is 5.97 Å². The number of sulfonamides is 1. The summed E-state index contributed by atoms with van der Waals surface area (Å²) in [6.45, 7) is 0.391. The van der Waals surface area contributed by atoms with Gasteiger partial charge in [0.05, 0.1) is 17.9 Å². The number of rotatable bonds is 4. The lowest BCUT2D eigenvalue weighted by atomic mass is 9.80. The van der Waals surface area contributed by atoms with Crippen molar-refractivity contribution in [1.29, 1.82) is 0 Å². The second-order valence-electron chi connectivity index (χ2n) is 6.11. The molecule has 3 rings (SSSR count). The summed E-state index contributed by atoms with van der Waals surface area (Å²) >= 11 is 0. The Morgan fingerprint density at radius 3 is 2.61 bits per heavy atom. The van der Waals surface area contributed by atoms with Crippen molar-refractivity contribution < 1.29 is 23.1 Å². The number of amides is 1. The van der Waals surface area contributed by atoms with E-state index in [1.54, 1.807) is 18.2 Å². The summed E-state index contributed by atoms with van der Waals surface area (Å²) in [6.07, 6.45) is 2.65. The first-order valence-electron chi connectivity index (χ1n) is 7.40. The fourth-order valence-electron chi connectivity index (χ4n) is 3.06. The molecule has 0 bridgehead atoms. The molecular formula is C15H18N2O5S. The maximum atomic E-state index is 12.2. The van der Waals surface area contributed by atoms with Gasteiger partial charge in [-0.15, -0.1) is 0 Å². The third-order valence-electron chi connectivity index (χ3n) is 4.42. The van der Waals surface area contributed by atoms with E-state index in [9.17, 15) is 18.0 Å². The average molecular weight is 338 g/mol. The summed E-state index contributed by atoms with van der Waals surface area (Å²) in [5.41, 5.74) is 1.93. The Labute approximate surface area is 134 Å². The Bertz CT molecular complexity index is 768. The lowest BCUT2D eigenvalue weighted by Crippen LogP contribution is -2.46. The molecule has 1 aliphatic carbocycles. The van der Waals surface area contributed by atoms with Crippen LogP contribution in [0.1, 0.15) is 28.8 Å². The van der Waals surface area contributed by atoms with Crippen LogP contribution in [0.4, 0.5) is 5.69 Å². The van der Waals surface area contributed by atoms with Crippen molar-refractivity contribution in [3.8, 4) is 0 Å². The monoisotopic (exact) mass is 338 g/mol. The molecule has 2 aliphatic rings. The van der Waals surface area contributed by atoms with Crippen LogP contribution >= 0.6 is 0 Å². The number of carboxylic acids is 1. The Morgan fingerprint density at radius 2 is 2.00 bits per heavy atom. The molecule has 1 heterocycles. The van der Waals surface area contributed by atoms with Crippen LogP contribution in [0, 0.1) is 5.92 Å². The number of hydrogen-bond donors (Lipinski definition) is 2. The largest absolute Gasteiger partial charge is 0.481 e. The van der Waals surface area contributed by atoms with Crippen molar-refractivity contribution in [2.75, 3.05) is 17.1 Å². The number of fused-ring (bicyclic) bond motifs is 1. The van der Waals surface area contributed by atoms with Crippen molar-refractivity contribution in [3.63, 3.8) is 0 Å². The minimum atomic E-state index is -3.30. The minimum absolute atomic E-state index is 0.107. The number of nitrogens with zero attached hydrogens (tertiary/aromatic N) is 1. The lowest BCUT2D eigenvalue weighted by Gasteiger charge is -2.32. The molecule has 8 heteroatoms. The van der Waals surface area contributed by atoms with Gasteiger partial charge in [0.15, 0.2) is 0 Å². The van der Waals surface area contributed by atoms with E-state index in [1.165, 1.54) is 4.31 Å². The Morgan fingerprint density at radius 1 is 1.30 bits per heavy atom. The van der Waals surface area contributed by atoms with Crippen molar-refractivity contribution in [3.05, 3.63) is 29.3 Å². The topological polar surface area (TPSA) is 104 Å². The fraction of sp³-hybridized carbons (Fsp3) is 0.467. The van der Waals surface area contributed by atoms with Crippen molar-refractivity contribution >= 4 is 27.6 Å². The molecule has 1 aliphatic heterocycles. The van der Waals surface area contributed by atoms with Gasteiger partial charge in [0.1, 0.15) is 0 Å². The highest BCUT2D eigenvalue weighted by Crippen LogP contribution is 2.31. The third kappa shape index (κ3) is 3.03. The average Bonchev–Trinajstić information content (AvgIpc) is 2.84. The Balaban J connectivity index is 1.69. The molecule has 124 valence electrons. The minimum Gasteiger partial charge on any atom is -0.481 e. The normalized spacial score (nSPS) is 23.1. The number of carboxylic acid groups (broad SMARTS) is 1. The predicted molar refractivity (Wildman–Crippen MR) is 83.9 cm³/mol. The van der Waals surface area contributed by atoms with Crippen molar-refractivity contribution in [1.82, 2.24) is 5.32 Å². The summed E-state index contributed by atoms with van der Waals surface area (Å²) in [5.74, 6) is -1.45. The summed E-state index contributed by atoms with van der Waals surface area (Å²) < 4.78 is 24.7. The van der Waals surface area contributed by atoms with Crippen molar-refractivity contribution in [2.24, 2.45) is 5.92 Å². The second-order valence-corrected chi connectivity index (χ2v) is 8.01. The van der Waals surface area contributed by atoms with E-state index >= 15 is 0 Å². The molecule has 0 aromatic heterocycles. The van der Waals surface area contributed by atoms with Gasteiger partial charge in [-0.05, 0) is 43.0 Å². The third-order valence-corrected chi connectivity index (χ3v) is 5.60. The summed E-state index contributed by atoms with van der Waals surface area (Å²) in [5, 5.41) is 11.6. The van der Waals surface area contributed by atoms with Gasteiger partial charge < -0.3 is 10.4 Å². The molecule has 0 saturated heterocycles. The van der Waals surface area contributed by atoms with Crippen LogP contribution in [-0.4, -0.2) is 44.2 Å². The van der Waals surface area contributed by atoms with Gasteiger partial charge in [0.2, 0.25) is 10.0 Å². The van der Waals surface area contributed by atoms with Gasteiger partial charge in [-0.3, -0.25) is 13.9 Å². The number of nitrogens with one attached hydrogen (secondary N) is 1. The van der Waals surface area contributed by atoms with Crippen LogP contribution in [0.3, 0.4) is 0 Å². The molecular weight excluding hydrogens is 320 g/mol. The van der Waals surface area contributed by atoms with E-state index in [1.807, 2.05) is 0 Å². The SMILES string of the molecule is CS(=O)(=O)N1CCc2cc(C(=O)NC3CC(C(=O)O)C3)ccc21. The zero-order valence-corrected chi connectivity index (χ0v) is 13.5. The smallest absolute Gasteiger partial charge is 0.306 e. The van der Waals surface area contributed by atoms with Crippen LogP contribution in [0.2, 0.25) is 0 Å². The zero-order chi connectivity index (χ0) is 16.8. The summed E-state index contributed by atoms with van der Waals surface area (Å²) in [4.78, 5) is 23.0. The van der Waals surface area contributed by atoms with Gasteiger partial charge in [-0.1, -0.05) is 0 Å². The standard InChI is InChI=1S/C15H18N2O5S/c1-23(21,22)17-5-4-9-6-10(2-3-13(9)17)14(18)16-12-7-11(8-12)15(19)20/h2-3,6,11-12H,4-5,7-8H2,1H3,(H,16,18)(H,19,20). The van der Waals surface area contributed by atoms with Crippen LogP contribution in [0.15, 0.2) is 18.2 Å². The van der Waals surface area contributed by atoms with Crippen LogP contribution in [0.25, 0.3) is 0 Å². The Hall–Kier alpha value is -2.09. The lowest BCUT2D eigenvalue weighted by molar-refractivity contribution is -0.145. The Kier molecular flexibility index (Phi) is 3.79. The molecule has 0 atom stereocenters. The van der Waals surface area contributed by atoms with Gasteiger partial charge in [-0.25, -0.2) is 8.42 Å². The fourth-order valence-corrected chi connectivity index (χ4v) is 4.02. The van der Waals surface area contributed by atoms with E-state index in [4.69, 9.17) is 5.11 Å². The summed E-state index contributed by atoms with van der Waals surface area (Å²) in [7, 11) is -3.30. The molecule has 2 N–H and O–H groups in total. The quantitative estimate of drug-likeness (QED) is 0.837. The molecule has 1 aromatic carbocycles. The van der Waals surface area contributed by atoms with Crippen LogP contribution in [-0.2, 0) is 21.2 Å². The molecule has 1 amide bonds. The van der Waals surface area contributed by atoms with E-state index in [-0.39, 0.29) is 17.9 Å². The van der Waals surface area contributed by atoms with E-state index in [2.05, 4.69) is 5.32 Å². The summed E-state index contributed by atoms with van der Waals surface area (Å²) in [6, 6.07) is 4.86. The maximum Gasteiger partial charge on any atom is 0.306 e. The molecule has 0 radical (unpaired) electrons. The van der Waals surface area contributed by atoms with E-state index in [0.717, 1.165) is 11.8 Å². The number of aliphatic carboxylic acids is 1. The van der Waals surface area contributed by atoms with E-state index < -0.39 is 16.0 Å². The van der Waals surface area contributed by atoms with E-state index in [0.29, 0.717) is 37.1 Å². The molecule has 0 spiro atoms. The number of hydrogen-bond acceptors (Lipinski definition) is 4. The first-order valence-corrected chi connectivity index (χ1v) is 9.25. The number of benzene rings is 1. The highest BCUT2D eigenvalue weighted by molar-refractivity contribution is 7.92. The number of anilines is 1. The first-order chi connectivity index (χ1) is 10.8. The van der Waals surface area contributed by atoms with Gasteiger partial charge in [0, 0.05) is 18.2 Å². The van der Waals surface area contributed by atoms with Crippen LogP contribution < -0.4 is 9.62 Å². The molecule has 1 fully saturated rings. The molecule has 23 heavy (non-hydrogen) atoms. The molecule has 0 unspecified atom stereocenters. The number of carbonyl (C=O) groups is 2. The van der Waals surface area contributed by atoms with Crippen molar-refractivity contribution in [2.45, 2.75) is 25.3 Å². The van der Waals surface area contributed by atoms with Gasteiger partial charge in [0.25, 0.3) is 5.91 Å². The zero-order valence-electron chi connectivity index (χ0n) is 12.7. The second kappa shape index (κ2) is 5.52. The highest BCUT2D eigenvalue weighted by Gasteiger charge is 2.35. The van der Waals surface area contributed by atoms with Crippen LogP contribution in [0.5, 0.6) is 0 Å². The predicted octanol–water partition coefficient (Wildman–Crippen LogP) is 0.602. The molecule has 7 nitrogen and oxygen atoms in total. The molecule has 1 aromatic rings. The number of carbonyl (C=O) groups excluding carboxylic acids is 1. The first kappa shape index (κ1) is 15.8. The molecule has 1 saturated carbocycles. The van der Waals surface area contributed by atoms with Gasteiger partial charge in [-0.2, -0.15) is 0 Å². The maximum absolute atomic E-state index is 12.2.